The molecule has 0 bridgehead atoms. The van der Waals surface area contributed by atoms with E-state index in [1.54, 1.807) is 48.5 Å². The van der Waals surface area contributed by atoms with Gasteiger partial charge in [-0.15, -0.1) is 0 Å². The normalized spacial score (nSPS) is 18.0. The summed E-state index contributed by atoms with van der Waals surface area (Å²) in [7, 11) is -3.28. The summed E-state index contributed by atoms with van der Waals surface area (Å²) in [5.41, 5.74) is 0.624. The van der Waals surface area contributed by atoms with E-state index >= 15 is 0 Å². The second-order valence-corrected chi connectivity index (χ2v) is 7.93. The van der Waals surface area contributed by atoms with Gasteiger partial charge in [0.05, 0.1) is 11.8 Å². The van der Waals surface area contributed by atoms with Crippen LogP contribution in [0.1, 0.15) is 0 Å². The Morgan fingerprint density at radius 1 is 1.12 bits per heavy atom. The Hall–Kier alpha value is -2.31. The number of nitrogens with zero attached hydrogens (tertiary/aromatic N) is 1. The molecule has 25 heavy (non-hydrogen) atoms. The molecule has 5 nitrogen and oxygen atoms in total. The summed E-state index contributed by atoms with van der Waals surface area (Å²) in [5, 5.41) is 1.73. The highest BCUT2D eigenvalue weighted by atomic mass is 35.5. The van der Waals surface area contributed by atoms with Crippen molar-refractivity contribution in [1.82, 2.24) is 0 Å². The molecule has 0 N–H and O–H groups in total. The molecule has 7 heteroatoms. The number of amides is 1. The average molecular weight is 378 g/mol. The second kappa shape index (κ2) is 7.29. The molecule has 0 aromatic heterocycles. The number of para-hydroxylation sites is 1. The van der Waals surface area contributed by atoms with Gasteiger partial charge in [0.25, 0.3) is 5.91 Å². The highest BCUT2D eigenvalue weighted by molar-refractivity contribution is 7.94. The third kappa shape index (κ3) is 4.41. The van der Waals surface area contributed by atoms with Crippen molar-refractivity contribution in [2.75, 3.05) is 17.3 Å². The van der Waals surface area contributed by atoms with Crippen molar-refractivity contribution >= 4 is 33.0 Å². The van der Waals surface area contributed by atoms with Crippen LogP contribution in [0.5, 0.6) is 5.75 Å². The summed E-state index contributed by atoms with van der Waals surface area (Å²) in [6.45, 7) is -0.207. The molecule has 0 saturated heterocycles. The van der Waals surface area contributed by atoms with Crippen LogP contribution in [0.3, 0.4) is 0 Å². The summed E-state index contributed by atoms with van der Waals surface area (Å²) in [6.07, 6.45) is 1.53. The van der Waals surface area contributed by atoms with E-state index in [9.17, 15) is 13.2 Å². The number of rotatable bonds is 5. The van der Waals surface area contributed by atoms with Crippen LogP contribution in [0, 0.1) is 0 Å². The molecule has 0 radical (unpaired) electrons. The fourth-order valence-corrected chi connectivity index (χ4v) is 3.97. The molecule has 0 spiro atoms. The molecule has 1 atom stereocenters. The number of anilines is 1. The zero-order valence-corrected chi connectivity index (χ0v) is 14.8. The fourth-order valence-electron chi connectivity index (χ4n) is 2.57. The van der Waals surface area contributed by atoms with Crippen LogP contribution in [-0.4, -0.2) is 32.7 Å². The van der Waals surface area contributed by atoms with E-state index in [4.69, 9.17) is 16.3 Å². The molecule has 130 valence electrons. The zero-order chi connectivity index (χ0) is 17.9. The first-order valence-corrected chi connectivity index (χ1v) is 9.70. The molecule has 0 saturated carbocycles. The van der Waals surface area contributed by atoms with Crippen molar-refractivity contribution in [3.63, 3.8) is 0 Å². The van der Waals surface area contributed by atoms with Gasteiger partial charge in [-0.25, -0.2) is 8.42 Å². The Balaban J connectivity index is 1.78. The van der Waals surface area contributed by atoms with E-state index in [1.807, 2.05) is 6.07 Å². The maximum absolute atomic E-state index is 12.7. The number of halogens is 1. The summed E-state index contributed by atoms with van der Waals surface area (Å²) in [6, 6.07) is 15.1. The van der Waals surface area contributed by atoms with Gasteiger partial charge in [0.2, 0.25) is 0 Å². The number of sulfone groups is 1. The van der Waals surface area contributed by atoms with E-state index in [2.05, 4.69) is 0 Å². The number of hydrogen-bond donors (Lipinski definition) is 0. The van der Waals surface area contributed by atoms with Gasteiger partial charge in [-0.05, 0) is 42.5 Å². The van der Waals surface area contributed by atoms with Gasteiger partial charge < -0.3 is 9.64 Å². The van der Waals surface area contributed by atoms with Crippen LogP contribution in [0.25, 0.3) is 0 Å². The Morgan fingerprint density at radius 2 is 1.80 bits per heavy atom. The summed E-state index contributed by atoms with van der Waals surface area (Å²) in [5.74, 6) is 0.0578. The van der Waals surface area contributed by atoms with E-state index in [1.165, 1.54) is 11.0 Å². The molecule has 1 aliphatic heterocycles. The highest BCUT2D eigenvalue weighted by Gasteiger charge is 2.31. The lowest BCUT2D eigenvalue weighted by Gasteiger charge is -2.27. The van der Waals surface area contributed by atoms with Crippen molar-refractivity contribution < 1.29 is 17.9 Å². The third-order valence-electron chi connectivity index (χ3n) is 3.72. The summed E-state index contributed by atoms with van der Waals surface area (Å²) < 4.78 is 29.0. The first kappa shape index (κ1) is 17.5. The lowest BCUT2D eigenvalue weighted by Crippen LogP contribution is -2.43. The minimum atomic E-state index is -3.28. The standard InChI is InChI=1S/C18H16ClNO4S/c19-14-6-8-17(9-7-14)24-12-18(21)20(15-4-2-1-3-5-15)16-10-11-25(22,23)13-16/h1-11,16H,12-13H2/t16-/m1/s1. The SMILES string of the molecule is O=C(COc1ccc(Cl)cc1)N(c1ccccc1)[C@@H]1C=CS(=O)(=O)C1. The minimum Gasteiger partial charge on any atom is -0.484 e. The molecule has 1 aliphatic rings. The van der Waals surface area contributed by atoms with E-state index < -0.39 is 15.9 Å². The monoisotopic (exact) mass is 377 g/mol. The van der Waals surface area contributed by atoms with Crippen LogP contribution < -0.4 is 9.64 Å². The van der Waals surface area contributed by atoms with Gasteiger partial charge in [0.1, 0.15) is 5.75 Å². The van der Waals surface area contributed by atoms with Crippen molar-refractivity contribution in [2.24, 2.45) is 0 Å². The molecule has 3 rings (SSSR count). The number of benzene rings is 2. The van der Waals surface area contributed by atoms with Gasteiger partial charge in [-0.1, -0.05) is 29.8 Å². The van der Waals surface area contributed by atoms with Gasteiger partial charge >= 0.3 is 0 Å². The Labute approximate surface area is 151 Å². The van der Waals surface area contributed by atoms with Crippen molar-refractivity contribution in [2.45, 2.75) is 6.04 Å². The average Bonchev–Trinajstić information content (AvgIpc) is 2.95. The van der Waals surface area contributed by atoms with E-state index in [0.717, 1.165) is 5.41 Å². The first-order chi connectivity index (χ1) is 11.9. The largest absolute Gasteiger partial charge is 0.484 e. The molecular formula is C18H16ClNO4S. The second-order valence-electron chi connectivity index (χ2n) is 5.57. The van der Waals surface area contributed by atoms with Crippen LogP contribution in [0.2, 0.25) is 5.02 Å². The molecule has 0 aliphatic carbocycles. The van der Waals surface area contributed by atoms with Crippen molar-refractivity contribution in [1.29, 1.82) is 0 Å². The maximum Gasteiger partial charge on any atom is 0.265 e. The summed E-state index contributed by atoms with van der Waals surface area (Å²) in [4.78, 5) is 14.2. The summed E-state index contributed by atoms with van der Waals surface area (Å²) >= 11 is 5.82. The lowest BCUT2D eigenvalue weighted by atomic mass is 10.2. The number of carbonyl (C=O) groups excluding carboxylic acids is 1. The van der Waals surface area contributed by atoms with E-state index in [-0.39, 0.29) is 18.3 Å². The molecule has 2 aromatic carbocycles. The quantitative estimate of drug-likeness (QED) is 0.803. The molecule has 1 heterocycles. The zero-order valence-electron chi connectivity index (χ0n) is 13.2. The van der Waals surface area contributed by atoms with Gasteiger partial charge in [0.15, 0.2) is 16.4 Å². The third-order valence-corrected chi connectivity index (χ3v) is 5.35. The van der Waals surface area contributed by atoms with Gasteiger partial charge in [0, 0.05) is 16.1 Å². The molecule has 0 unspecified atom stereocenters. The van der Waals surface area contributed by atoms with Crippen LogP contribution >= 0.6 is 11.6 Å². The predicted molar refractivity (Wildman–Crippen MR) is 97.6 cm³/mol. The number of carbonyl (C=O) groups is 1. The lowest BCUT2D eigenvalue weighted by molar-refractivity contribution is -0.120. The van der Waals surface area contributed by atoms with Gasteiger partial charge in [-0.2, -0.15) is 0 Å². The Morgan fingerprint density at radius 3 is 2.40 bits per heavy atom. The fraction of sp³-hybridized carbons (Fsp3) is 0.167. The predicted octanol–water partition coefficient (Wildman–Crippen LogP) is 3.06. The maximum atomic E-state index is 12.7. The first-order valence-electron chi connectivity index (χ1n) is 7.61. The smallest absolute Gasteiger partial charge is 0.265 e. The van der Waals surface area contributed by atoms with Gasteiger partial charge in [-0.3, -0.25) is 4.79 Å². The van der Waals surface area contributed by atoms with Crippen molar-refractivity contribution in [3.8, 4) is 5.75 Å². The number of ether oxygens (including phenoxy) is 1. The Bertz CT molecular complexity index is 879. The number of hydrogen-bond acceptors (Lipinski definition) is 4. The molecule has 2 aromatic rings. The van der Waals surface area contributed by atoms with Crippen LogP contribution in [0.15, 0.2) is 66.1 Å². The van der Waals surface area contributed by atoms with Crippen LogP contribution in [-0.2, 0) is 14.6 Å². The van der Waals surface area contributed by atoms with Crippen molar-refractivity contribution in [3.05, 3.63) is 71.1 Å². The Kier molecular flexibility index (Phi) is 5.11. The highest BCUT2D eigenvalue weighted by Crippen LogP contribution is 2.23. The molecule has 0 fully saturated rings. The minimum absolute atomic E-state index is 0.130. The van der Waals surface area contributed by atoms with E-state index in [0.29, 0.717) is 16.5 Å². The van der Waals surface area contributed by atoms with Crippen LogP contribution in [0.4, 0.5) is 5.69 Å². The molecule has 1 amide bonds. The topological polar surface area (TPSA) is 63.7 Å². The molecular weight excluding hydrogens is 362 g/mol.